The largest absolute Gasteiger partial charge is 0.374 e. The van der Waals surface area contributed by atoms with Crippen molar-refractivity contribution in [2.75, 3.05) is 32.4 Å². The van der Waals surface area contributed by atoms with E-state index in [1.807, 2.05) is 0 Å². The lowest BCUT2D eigenvalue weighted by molar-refractivity contribution is 0.0938. The molecule has 0 saturated carbocycles. The topological polar surface area (TPSA) is 84.1 Å². The van der Waals surface area contributed by atoms with E-state index in [0.29, 0.717) is 22.6 Å². The maximum Gasteiger partial charge on any atom is 0.282 e. The van der Waals surface area contributed by atoms with Gasteiger partial charge < -0.3 is 16.0 Å². The standard InChI is InChI=1S/C10H17N5OS/c1-15-4-2-7(3-5-15)6-12-8(16)9-13-14-10(11)17-9/h7H,2-6H2,1H3,(H2,11,14)(H,12,16). The number of aromatic nitrogens is 2. The molecule has 2 rings (SSSR count). The number of nitrogen functional groups attached to an aromatic ring is 1. The minimum Gasteiger partial charge on any atom is -0.374 e. The van der Waals surface area contributed by atoms with Gasteiger partial charge in [0.15, 0.2) is 0 Å². The summed E-state index contributed by atoms with van der Waals surface area (Å²) >= 11 is 1.12. The molecule has 1 aromatic heterocycles. The van der Waals surface area contributed by atoms with Crippen molar-refractivity contribution in [3.05, 3.63) is 5.01 Å². The predicted octanol–water partition coefficient (Wildman–Crippen LogP) is 0.192. The zero-order chi connectivity index (χ0) is 12.3. The van der Waals surface area contributed by atoms with Gasteiger partial charge in [0.2, 0.25) is 10.1 Å². The van der Waals surface area contributed by atoms with Crippen molar-refractivity contribution < 1.29 is 4.79 Å². The maximum absolute atomic E-state index is 11.7. The lowest BCUT2D eigenvalue weighted by atomic mass is 9.97. The van der Waals surface area contributed by atoms with Crippen LogP contribution in [0.5, 0.6) is 0 Å². The zero-order valence-corrected chi connectivity index (χ0v) is 10.7. The van der Waals surface area contributed by atoms with Crippen molar-refractivity contribution in [1.82, 2.24) is 20.4 Å². The molecule has 2 heterocycles. The number of carbonyl (C=O) groups is 1. The number of hydrogen-bond donors (Lipinski definition) is 2. The summed E-state index contributed by atoms with van der Waals surface area (Å²) in [6, 6.07) is 0. The Morgan fingerprint density at radius 3 is 2.82 bits per heavy atom. The molecule has 0 atom stereocenters. The van der Waals surface area contributed by atoms with Crippen LogP contribution in [0.15, 0.2) is 0 Å². The van der Waals surface area contributed by atoms with Crippen LogP contribution < -0.4 is 11.1 Å². The molecule has 3 N–H and O–H groups in total. The van der Waals surface area contributed by atoms with Crippen molar-refractivity contribution in [2.24, 2.45) is 5.92 Å². The second kappa shape index (κ2) is 5.42. The quantitative estimate of drug-likeness (QED) is 0.805. The van der Waals surface area contributed by atoms with Crippen LogP contribution in [0.4, 0.5) is 5.13 Å². The molecule has 1 aromatic rings. The van der Waals surface area contributed by atoms with E-state index < -0.39 is 0 Å². The summed E-state index contributed by atoms with van der Waals surface area (Å²) in [5.74, 6) is 0.401. The molecular formula is C10H17N5OS. The molecule has 1 aliphatic heterocycles. The SMILES string of the molecule is CN1CCC(CNC(=O)c2nnc(N)s2)CC1. The highest BCUT2D eigenvalue weighted by molar-refractivity contribution is 7.16. The van der Waals surface area contributed by atoms with Crippen molar-refractivity contribution in [3.63, 3.8) is 0 Å². The Hall–Kier alpha value is -1.21. The minimum absolute atomic E-state index is 0.168. The third-order valence-corrected chi connectivity index (χ3v) is 3.78. The fourth-order valence-corrected chi connectivity index (χ4v) is 2.43. The smallest absolute Gasteiger partial charge is 0.282 e. The second-order valence-electron chi connectivity index (χ2n) is 4.40. The molecule has 0 radical (unpaired) electrons. The number of likely N-dealkylation sites (tertiary alicyclic amines) is 1. The summed E-state index contributed by atoms with van der Waals surface area (Å²) < 4.78 is 0. The predicted molar refractivity (Wildman–Crippen MR) is 66.9 cm³/mol. The lowest BCUT2D eigenvalue weighted by Crippen LogP contribution is -2.36. The van der Waals surface area contributed by atoms with Crippen LogP contribution >= 0.6 is 11.3 Å². The fraction of sp³-hybridized carbons (Fsp3) is 0.700. The van der Waals surface area contributed by atoms with E-state index in [-0.39, 0.29) is 5.91 Å². The number of hydrogen-bond acceptors (Lipinski definition) is 6. The molecule has 17 heavy (non-hydrogen) atoms. The number of carbonyl (C=O) groups excluding carboxylic acids is 1. The summed E-state index contributed by atoms with van der Waals surface area (Å²) in [7, 11) is 2.12. The lowest BCUT2D eigenvalue weighted by Gasteiger charge is -2.28. The minimum atomic E-state index is -0.168. The van der Waals surface area contributed by atoms with Crippen LogP contribution in [0, 0.1) is 5.92 Å². The van der Waals surface area contributed by atoms with Gasteiger partial charge in [0.1, 0.15) is 0 Å². The molecule has 1 fully saturated rings. The van der Waals surface area contributed by atoms with Crippen molar-refractivity contribution in [2.45, 2.75) is 12.8 Å². The van der Waals surface area contributed by atoms with Gasteiger partial charge in [-0.1, -0.05) is 11.3 Å². The van der Waals surface area contributed by atoms with Gasteiger partial charge in [-0.2, -0.15) is 0 Å². The Kier molecular flexibility index (Phi) is 3.90. The molecule has 94 valence electrons. The third kappa shape index (κ3) is 3.37. The van der Waals surface area contributed by atoms with Gasteiger partial charge >= 0.3 is 0 Å². The van der Waals surface area contributed by atoms with Crippen LogP contribution in [0.25, 0.3) is 0 Å². The molecular weight excluding hydrogens is 238 g/mol. The van der Waals surface area contributed by atoms with E-state index in [4.69, 9.17) is 5.73 Å². The van der Waals surface area contributed by atoms with Gasteiger partial charge in [-0.05, 0) is 38.9 Å². The molecule has 0 spiro atoms. The van der Waals surface area contributed by atoms with Gasteiger partial charge in [-0.3, -0.25) is 4.79 Å². The highest BCUT2D eigenvalue weighted by Gasteiger charge is 2.18. The average Bonchev–Trinajstić information content (AvgIpc) is 2.75. The van der Waals surface area contributed by atoms with Gasteiger partial charge in [0.05, 0.1) is 0 Å². The average molecular weight is 255 g/mol. The van der Waals surface area contributed by atoms with Crippen LogP contribution in [0.2, 0.25) is 0 Å². The van der Waals surface area contributed by atoms with Crippen LogP contribution in [0.3, 0.4) is 0 Å². The van der Waals surface area contributed by atoms with Crippen LogP contribution in [-0.2, 0) is 0 Å². The fourth-order valence-electron chi connectivity index (χ4n) is 1.91. The van der Waals surface area contributed by atoms with Crippen molar-refractivity contribution in [3.8, 4) is 0 Å². The van der Waals surface area contributed by atoms with Crippen LogP contribution in [-0.4, -0.2) is 47.7 Å². The highest BCUT2D eigenvalue weighted by Crippen LogP contribution is 2.15. The number of anilines is 1. The number of nitrogens with two attached hydrogens (primary N) is 1. The summed E-state index contributed by atoms with van der Waals surface area (Å²) in [5.41, 5.74) is 5.43. The van der Waals surface area contributed by atoms with E-state index in [9.17, 15) is 4.79 Å². The number of nitrogens with zero attached hydrogens (tertiary/aromatic N) is 3. The molecule has 1 saturated heterocycles. The molecule has 0 aliphatic carbocycles. The Labute approximate surface area is 104 Å². The van der Waals surface area contributed by atoms with Crippen molar-refractivity contribution >= 4 is 22.4 Å². The van der Waals surface area contributed by atoms with Gasteiger partial charge in [-0.25, -0.2) is 0 Å². The van der Waals surface area contributed by atoms with Crippen molar-refractivity contribution in [1.29, 1.82) is 0 Å². The molecule has 7 heteroatoms. The van der Waals surface area contributed by atoms with Gasteiger partial charge in [0.25, 0.3) is 5.91 Å². The van der Waals surface area contributed by atoms with E-state index in [1.54, 1.807) is 0 Å². The monoisotopic (exact) mass is 255 g/mol. The first-order chi connectivity index (χ1) is 8.15. The van der Waals surface area contributed by atoms with E-state index in [2.05, 4.69) is 27.5 Å². The maximum atomic E-state index is 11.7. The number of piperidine rings is 1. The number of rotatable bonds is 3. The molecule has 1 aliphatic rings. The van der Waals surface area contributed by atoms with E-state index in [1.165, 1.54) is 0 Å². The Morgan fingerprint density at radius 2 is 2.24 bits per heavy atom. The first kappa shape index (κ1) is 12.3. The van der Waals surface area contributed by atoms with E-state index in [0.717, 1.165) is 37.3 Å². The van der Waals surface area contributed by atoms with E-state index >= 15 is 0 Å². The highest BCUT2D eigenvalue weighted by atomic mass is 32.1. The number of amides is 1. The van der Waals surface area contributed by atoms with Gasteiger partial charge in [-0.15, -0.1) is 10.2 Å². The molecule has 0 unspecified atom stereocenters. The summed E-state index contributed by atoms with van der Waals surface area (Å²) in [5, 5.41) is 10.9. The number of nitrogens with one attached hydrogen (secondary N) is 1. The Morgan fingerprint density at radius 1 is 1.53 bits per heavy atom. The summed E-state index contributed by atoms with van der Waals surface area (Å²) in [6.07, 6.45) is 2.27. The third-order valence-electron chi connectivity index (χ3n) is 3.02. The summed E-state index contributed by atoms with van der Waals surface area (Å²) in [6.45, 7) is 2.92. The second-order valence-corrected chi connectivity index (χ2v) is 5.41. The molecule has 1 amide bonds. The Bertz CT molecular complexity index is 386. The first-order valence-corrected chi connectivity index (χ1v) is 6.52. The van der Waals surface area contributed by atoms with Gasteiger partial charge in [0, 0.05) is 6.54 Å². The zero-order valence-electron chi connectivity index (χ0n) is 9.85. The Balaban J connectivity index is 1.76. The summed E-state index contributed by atoms with van der Waals surface area (Å²) in [4.78, 5) is 14.0. The first-order valence-electron chi connectivity index (χ1n) is 5.71. The normalized spacial score (nSPS) is 18.2. The molecule has 6 nitrogen and oxygen atoms in total. The van der Waals surface area contributed by atoms with Crippen LogP contribution in [0.1, 0.15) is 22.6 Å². The molecule has 0 aromatic carbocycles. The molecule has 0 bridgehead atoms.